The number of carbonyl (C=O) groups is 2. The molecule has 1 atom stereocenters. The van der Waals surface area contributed by atoms with Gasteiger partial charge < -0.3 is 15.0 Å². The normalized spacial score (nSPS) is 22.7. The van der Waals surface area contributed by atoms with Crippen LogP contribution in [0.5, 0.6) is 0 Å². The Morgan fingerprint density at radius 3 is 2.87 bits per heavy atom. The van der Waals surface area contributed by atoms with E-state index in [4.69, 9.17) is 0 Å². The van der Waals surface area contributed by atoms with Crippen LogP contribution >= 0.6 is 0 Å². The molecule has 2 rings (SSSR count). The largest absolute Gasteiger partial charge is 0.467 e. The monoisotopic (exact) mass is 206 g/mol. The van der Waals surface area contributed by atoms with Crippen LogP contribution in [-0.2, 0) is 19.9 Å². The highest BCUT2D eigenvalue weighted by Gasteiger charge is 2.46. The van der Waals surface area contributed by atoms with Gasteiger partial charge >= 0.3 is 5.97 Å². The van der Waals surface area contributed by atoms with Gasteiger partial charge in [-0.2, -0.15) is 0 Å². The first-order valence-corrected chi connectivity index (χ1v) is 4.42. The molecular formula is C10H10N2O3. The van der Waals surface area contributed by atoms with Crippen LogP contribution in [-0.4, -0.2) is 19.4 Å². The number of esters is 1. The molecule has 1 aliphatic heterocycles. The molecular weight excluding hydrogens is 196 g/mol. The zero-order valence-corrected chi connectivity index (χ0v) is 8.11. The number of benzene rings is 1. The highest BCUT2D eigenvalue weighted by Crippen LogP contribution is 2.32. The van der Waals surface area contributed by atoms with E-state index < -0.39 is 11.5 Å². The molecule has 0 saturated heterocycles. The van der Waals surface area contributed by atoms with Gasteiger partial charge in [-0.05, 0) is 6.07 Å². The van der Waals surface area contributed by atoms with Crippen molar-refractivity contribution in [2.75, 3.05) is 12.5 Å². The number of rotatable bonds is 2. The molecule has 0 aliphatic carbocycles. The molecule has 0 saturated carbocycles. The number of hydrogen-bond acceptors (Lipinski definition) is 5. The number of fused-ring (bicyclic) bond motifs is 1. The maximum absolute atomic E-state index is 11.6. The first-order valence-electron chi connectivity index (χ1n) is 4.42. The molecule has 1 aromatic rings. The van der Waals surface area contributed by atoms with Crippen molar-refractivity contribution < 1.29 is 14.3 Å². The summed E-state index contributed by atoms with van der Waals surface area (Å²) in [4.78, 5) is 22.7. The van der Waals surface area contributed by atoms with Gasteiger partial charge in [-0.1, -0.05) is 18.2 Å². The van der Waals surface area contributed by atoms with Crippen LogP contribution in [0.3, 0.4) is 0 Å². The second kappa shape index (κ2) is 3.36. The molecule has 2 N–H and O–H groups in total. The van der Waals surface area contributed by atoms with E-state index >= 15 is 0 Å². The van der Waals surface area contributed by atoms with Crippen molar-refractivity contribution in [2.24, 2.45) is 0 Å². The zero-order chi connectivity index (χ0) is 10.9. The van der Waals surface area contributed by atoms with Crippen molar-refractivity contribution in [3.05, 3.63) is 29.8 Å². The van der Waals surface area contributed by atoms with Crippen LogP contribution in [0.4, 0.5) is 5.69 Å². The van der Waals surface area contributed by atoms with Crippen LogP contribution in [0.15, 0.2) is 24.3 Å². The highest BCUT2D eigenvalue weighted by atomic mass is 16.5. The lowest BCUT2D eigenvalue weighted by Crippen LogP contribution is -2.49. The molecule has 1 heterocycles. The summed E-state index contributed by atoms with van der Waals surface area (Å²) in [5, 5.41) is 0. The summed E-state index contributed by atoms with van der Waals surface area (Å²) in [5.74, 6) is -0.630. The van der Waals surface area contributed by atoms with Gasteiger partial charge in [0.05, 0.1) is 12.8 Å². The Bertz CT molecular complexity index is 419. The summed E-state index contributed by atoms with van der Waals surface area (Å²) in [7, 11) is 1.25. The molecule has 0 bridgehead atoms. The lowest BCUT2D eigenvalue weighted by molar-refractivity contribution is -0.150. The van der Waals surface area contributed by atoms with Crippen molar-refractivity contribution in [3.8, 4) is 0 Å². The Hall–Kier alpha value is -1.88. The quantitative estimate of drug-likeness (QED) is 0.410. The van der Waals surface area contributed by atoms with E-state index in [9.17, 15) is 9.59 Å². The minimum Gasteiger partial charge on any atom is -0.467 e. The van der Waals surface area contributed by atoms with Crippen molar-refractivity contribution in [1.29, 1.82) is 0 Å². The summed E-state index contributed by atoms with van der Waals surface area (Å²) < 4.78 is 4.61. The van der Waals surface area contributed by atoms with Gasteiger partial charge in [0, 0.05) is 5.56 Å². The summed E-state index contributed by atoms with van der Waals surface area (Å²) in [6.07, 6.45) is 0.539. The highest BCUT2D eigenvalue weighted by molar-refractivity contribution is 6.02. The molecule has 5 nitrogen and oxygen atoms in total. The second-order valence-corrected chi connectivity index (χ2v) is 3.21. The van der Waals surface area contributed by atoms with Crippen molar-refractivity contribution in [1.82, 2.24) is 5.43 Å². The van der Waals surface area contributed by atoms with Crippen LogP contribution < -0.4 is 10.9 Å². The van der Waals surface area contributed by atoms with E-state index in [2.05, 4.69) is 15.6 Å². The molecule has 0 aromatic heterocycles. The summed E-state index contributed by atoms with van der Waals surface area (Å²) >= 11 is 0. The van der Waals surface area contributed by atoms with E-state index in [1.54, 1.807) is 18.2 Å². The summed E-state index contributed by atoms with van der Waals surface area (Å²) in [6.45, 7) is 0. The Balaban J connectivity index is 2.55. The Morgan fingerprint density at radius 1 is 1.47 bits per heavy atom. The predicted molar refractivity (Wildman–Crippen MR) is 53.0 cm³/mol. The molecule has 1 unspecified atom stereocenters. The molecule has 0 spiro atoms. The molecule has 0 amide bonds. The Morgan fingerprint density at radius 2 is 2.20 bits per heavy atom. The molecule has 15 heavy (non-hydrogen) atoms. The van der Waals surface area contributed by atoms with Crippen LogP contribution in [0.25, 0.3) is 0 Å². The van der Waals surface area contributed by atoms with E-state index in [1.807, 2.05) is 6.07 Å². The fourth-order valence-corrected chi connectivity index (χ4v) is 1.63. The number of aldehydes is 1. The fourth-order valence-electron chi connectivity index (χ4n) is 1.63. The van der Waals surface area contributed by atoms with Gasteiger partial charge in [0.25, 0.3) is 0 Å². The zero-order valence-electron chi connectivity index (χ0n) is 8.11. The number of carbonyl (C=O) groups excluding carboxylic acids is 2. The SMILES string of the molecule is COC(=O)C1(C=O)NNc2ccccc21. The second-order valence-electron chi connectivity index (χ2n) is 3.21. The first kappa shape index (κ1) is 9.67. The van der Waals surface area contributed by atoms with Gasteiger partial charge in [0.2, 0.25) is 5.54 Å². The van der Waals surface area contributed by atoms with Gasteiger partial charge in [-0.15, -0.1) is 0 Å². The van der Waals surface area contributed by atoms with E-state index in [1.165, 1.54) is 7.11 Å². The third-order valence-corrected chi connectivity index (χ3v) is 2.43. The minimum atomic E-state index is -1.43. The number of hydrazine groups is 1. The lowest BCUT2D eigenvalue weighted by Gasteiger charge is -2.19. The molecule has 5 heteroatoms. The molecule has 0 radical (unpaired) electrons. The van der Waals surface area contributed by atoms with Gasteiger partial charge in [0.15, 0.2) is 6.29 Å². The van der Waals surface area contributed by atoms with Crippen LogP contribution in [0, 0.1) is 0 Å². The average molecular weight is 206 g/mol. The van der Waals surface area contributed by atoms with Crippen molar-refractivity contribution in [3.63, 3.8) is 0 Å². The predicted octanol–water partition coefficient (Wildman–Crippen LogP) is 0.184. The molecule has 78 valence electrons. The molecule has 0 fully saturated rings. The van der Waals surface area contributed by atoms with Crippen molar-refractivity contribution in [2.45, 2.75) is 5.54 Å². The van der Waals surface area contributed by atoms with Crippen LogP contribution in [0.1, 0.15) is 5.56 Å². The Labute approximate surface area is 86.4 Å². The van der Waals surface area contributed by atoms with Crippen LogP contribution in [0.2, 0.25) is 0 Å². The Kier molecular flexibility index (Phi) is 2.17. The summed E-state index contributed by atoms with van der Waals surface area (Å²) in [5.41, 5.74) is 5.27. The number of ether oxygens (including phenoxy) is 1. The van der Waals surface area contributed by atoms with Gasteiger partial charge in [0.1, 0.15) is 0 Å². The van der Waals surface area contributed by atoms with Gasteiger partial charge in [-0.25, -0.2) is 10.2 Å². The summed E-state index contributed by atoms with van der Waals surface area (Å²) in [6, 6.07) is 7.05. The minimum absolute atomic E-state index is 0.539. The standard InChI is InChI=1S/C10H10N2O3/c1-15-9(14)10(6-13)7-4-2-3-5-8(7)11-12-10/h2-6,11-12H,1H3. The fraction of sp³-hybridized carbons (Fsp3) is 0.200. The first-order chi connectivity index (χ1) is 7.24. The smallest absolute Gasteiger partial charge is 0.340 e. The number of hydrogen-bond donors (Lipinski definition) is 2. The van der Waals surface area contributed by atoms with Gasteiger partial charge in [-0.3, -0.25) is 0 Å². The number of anilines is 1. The number of nitrogens with one attached hydrogen (secondary N) is 2. The maximum atomic E-state index is 11.6. The lowest BCUT2D eigenvalue weighted by atomic mass is 9.93. The van der Waals surface area contributed by atoms with E-state index in [0.29, 0.717) is 17.5 Å². The van der Waals surface area contributed by atoms with E-state index in [0.717, 1.165) is 0 Å². The number of methoxy groups -OCH3 is 1. The van der Waals surface area contributed by atoms with Crippen molar-refractivity contribution >= 4 is 17.9 Å². The molecule has 1 aromatic carbocycles. The molecule has 1 aliphatic rings. The maximum Gasteiger partial charge on any atom is 0.340 e. The topological polar surface area (TPSA) is 67.4 Å². The van der Waals surface area contributed by atoms with E-state index in [-0.39, 0.29) is 0 Å². The number of para-hydroxylation sites is 1. The third kappa shape index (κ3) is 1.20. The average Bonchev–Trinajstić information content (AvgIpc) is 2.68. The third-order valence-electron chi connectivity index (χ3n) is 2.43.